The summed E-state index contributed by atoms with van der Waals surface area (Å²) in [5.41, 5.74) is 2.93. The van der Waals surface area contributed by atoms with Gasteiger partial charge in [0.05, 0.1) is 5.69 Å². The van der Waals surface area contributed by atoms with Crippen molar-refractivity contribution < 1.29 is 4.79 Å². The summed E-state index contributed by atoms with van der Waals surface area (Å²) in [6.45, 7) is 8.99. The van der Waals surface area contributed by atoms with Gasteiger partial charge in [-0.1, -0.05) is 38.6 Å². The van der Waals surface area contributed by atoms with Crippen molar-refractivity contribution in [3.05, 3.63) is 48.0 Å². The maximum Gasteiger partial charge on any atom is 0.258 e. The van der Waals surface area contributed by atoms with Gasteiger partial charge in [-0.2, -0.15) is 0 Å². The predicted molar refractivity (Wildman–Crippen MR) is 85.2 cm³/mol. The zero-order chi connectivity index (χ0) is 14.3. The Kier molecular flexibility index (Phi) is 3.09. The molecular formula is C18H19NO. The van der Waals surface area contributed by atoms with E-state index in [1.54, 1.807) is 0 Å². The lowest BCUT2D eigenvalue weighted by molar-refractivity contribution is 0.0992. The summed E-state index contributed by atoms with van der Waals surface area (Å²) in [5.74, 6) is 0.719. The molecular weight excluding hydrogens is 246 g/mol. The number of hydrogen-bond acceptors (Lipinski definition) is 1. The van der Waals surface area contributed by atoms with E-state index in [1.807, 2.05) is 23.1 Å². The van der Waals surface area contributed by atoms with E-state index in [0.717, 1.165) is 40.6 Å². The molecule has 0 saturated heterocycles. The molecule has 0 fully saturated rings. The van der Waals surface area contributed by atoms with E-state index in [0.29, 0.717) is 5.92 Å². The van der Waals surface area contributed by atoms with Crippen LogP contribution >= 0.6 is 0 Å². The number of benzene rings is 2. The molecule has 2 aromatic rings. The highest BCUT2D eigenvalue weighted by Gasteiger charge is 2.29. The van der Waals surface area contributed by atoms with Crippen molar-refractivity contribution in [1.82, 2.24) is 0 Å². The highest BCUT2D eigenvalue weighted by molar-refractivity contribution is 6.25. The monoisotopic (exact) mass is 265 g/mol. The second-order valence-electron chi connectivity index (χ2n) is 5.79. The first-order chi connectivity index (χ1) is 9.61. The van der Waals surface area contributed by atoms with Crippen LogP contribution in [-0.4, -0.2) is 12.5 Å². The zero-order valence-electron chi connectivity index (χ0n) is 12.0. The summed E-state index contributed by atoms with van der Waals surface area (Å²) in [4.78, 5) is 14.5. The molecule has 0 aliphatic carbocycles. The summed E-state index contributed by atoms with van der Waals surface area (Å²) in [5, 5.41) is 2.21. The third-order valence-corrected chi connectivity index (χ3v) is 3.91. The molecule has 1 heterocycles. The Hall–Kier alpha value is -2.09. The SMILES string of the molecule is C=Cc1cc2c3c(cccc3c1)C(=O)N2CCC(C)C. The van der Waals surface area contributed by atoms with E-state index < -0.39 is 0 Å². The molecule has 2 aromatic carbocycles. The van der Waals surface area contributed by atoms with Crippen LogP contribution in [-0.2, 0) is 0 Å². The summed E-state index contributed by atoms with van der Waals surface area (Å²) >= 11 is 0. The molecule has 0 aromatic heterocycles. The molecule has 0 radical (unpaired) electrons. The first-order valence-corrected chi connectivity index (χ1v) is 7.13. The van der Waals surface area contributed by atoms with Gasteiger partial charge in [0.1, 0.15) is 0 Å². The Morgan fingerprint density at radius 1 is 1.30 bits per heavy atom. The molecule has 0 atom stereocenters. The summed E-state index contributed by atoms with van der Waals surface area (Å²) in [7, 11) is 0. The topological polar surface area (TPSA) is 20.3 Å². The van der Waals surface area contributed by atoms with Crippen LogP contribution in [0.25, 0.3) is 16.8 Å². The van der Waals surface area contributed by atoms with Crippen LogP contribution in [0.4, 0.5) is 5.69 Å². The Morgan fingerprint density at radius 3 is 2.80 bits per heavy atom. The molecule has 2 nitrogen and oxygen atoms in total. The Labute approximate surface area is 119 Å². The third kappa shape index (κ3) is 1.92. The van der Waals surface area contributed by atoms with Crippen molar-refractivity contribution >= 4 is 28.4 Å². The van der Waals surface area contributed by atoms with E-state index in [4.69, 9.17) is 0 Å². The Morgan fingerprint density at radius 2 is 2.10 bits per heavy atom. The maximum atomic E-state index is 12.6. The number of hydrogen-bond donors (Lipinski definition) is 0. The minimum Gasteiger partial charge on any atom is -0.308 e. The third-order valence-electron chi connectivity index (χ3n) is 3.91. The molecule has 1 amide bonds. The van der Waals surface area contributed by atoms with Gasteiger partial charge in [-0.05, 0) is 41.5 Å². The highest BCUT2D eigenvalue weighted by Crippen LogP contribution is 2.38. The van der Waals surface area contributed by atoms with Gasteiger partial charge in [-0.25, -0.2) is 0 Å². The lowest BCUT2D eigenvalue weighted by Crippen LogP contribution is -2.28. The van der Waals surface area contributed by atoms with Crippen LogP contribution in [0.5, 0.6) is 0 Å². The van der Waals surface area contributed by atoms with E-state index >= 15 is 0 Å². The summed E-state index contributed by atoms with van der Waals surface area (Å²) in [6, 6.07) is 10.1. The number of amides is 1. The lowest BCUT2D eigenvalue weighted by atomic mass is 10.0. The van der Waals surface area contributed by atoms with E-state index in [-0.39, 0.29) is 5.91 Å². The fourth-order valence-corrected chi connectivity index (χ4v) is 2.80. The molecule has 1 aliphatic rings. The van der Waals surface area contributed by atoms with Crippen LogP contribution in [0, 0.1) is 5.92 Å². The first kappa shape index (κ1) is 12.9. The number of carbonyl (C=O) groups is 1. The smallest absolute Gasteiger partial charge is 0.258 e. The molecule has 102 valence electrons. The standard InChI is InChI=1S/C18H19NO/c1-4-13-10-14-6-5-7-15-17(14)16(11-13)19(18(15)20)9-8-12(2)3/h4-7,10-12H,1,8-9H2,2-3H3. The van der Waals surface area contributed by atoms with Crippen LogP contribution < -0.4 is 4.90 Å². The quantitative estimate of drug-likeness (QED) is 0.797. The van der Waals surface area contributed by atoms with Crippen molar-refractivity contribution in [2.45, 2.75) is 20.3 Å². The lowest BCUT2D eigenvalue weighted by Gasteiger charge is -2.19. The summed E-state index contributed by atoms with van der Waals surface area (Å²) in [6.07, 6.45) is 2.85. The van der Waals surface area contributed by atoms with Gasteiger partial charge < -0.3 is 4.90 Å². The predicted octanol–water partition coefficient (Wildman–Crippen LogP) is 4.49. The van der Waals surface area contributed by atoms with Crippen molar-refractivity contribution in [1.29, 1.82) is 0 Å². The van der Waals surface area contributed by atoms with Crippen LogP contribution in [0.2, 0.25) is 0 Å². The minimum atomic E-state index is 0.132. The second kappa shape index (κ2) is 4.78. The van der Waals surface area contributed by atoms with Gasteiger partial charge >= 0.3 is 0 Å². The molecule has 0 unspecified atom stereocenters. The van der Waals surface area contributed by atoms with Crippen molar-refractivity contribution in [2.75, 3.05) is 11.4 Å². The number of rotatable bonds is 4. The fraction of sp³-hybridized carbons (Fsp3) is 0.278. The molecule has 1 aliphatic heterocycles. The largest absolute Gasteiger partial charge is 0.308 e. The minimum absolute atomic E-state index is 0.132. The zero-order valence-corrected chi connectivity index (χ0v) is 12.0. The Balaban J connectivity index is 2.15. The van der Waals surface area contributed by atoms with Crippen molar-refractivity contribution in [3.63, 3.8) is 0 Å². The van der Waals surface area contributed by atoms with Gasteiger partial charge in [0, 0.05) is 17.5 Å². The average Bonchev–Trinajstić information content (AvgIpc) is 2.71. The molecule has 20 heavy (non-hydrogen) atoms. The van der Waals surface area contributed by atoms with Crippen LogP contribution in [0.1, 0.15) is 36.2 Å². The van der Waals surface area contributed by atoms with Gasteiger partial charge in [0.15, 0.2) is 0 Å². The first-order valence-electron chi connectivity index (χ1n) is 7.13. The van der Waals surface area contributed by atoms with Gasteiger partial charge in [-0.3, -0.25) is 4.79 Å². The Bertz CT molecular complexity index is 700. The van der Waals surface area contributed by atoms with E-state index in [1.165, 1.54) is 0 Å². The van der Waals surface area contributed by atoms with Crippen molar-refractivity contribution in [3.8, 4) is 0 Å². The normalized spacial score (nSPS) is 13.6. The van der Waals surface area contributed by atoms with Gasteiger partial charge in [0.25, 0.3) is 5.91 Å². The van der Waals surface area contributed by atoms with Crippen LogP contribution in [0.15, 0.2) is 36.9 Å². The average molecular weight is 265 g/mol. The fourth-order valence-electron chi connectivity index (χ4n) is 2.80. The van der Waals surface area contributed by atoms with E-state index in [9.17, 15) is 4.79 Å². The molecule has 2 heteroatoms. The number of anilines is 1. The summed E-state index contributed by atoms with van der Waals surface area (Å²) < 4.78 is 0. The second-order valence-corrected chi connectivity index (χ2v) is 5.79. The maximum absolute atomic E-state index is 12.6. The van der Waals surface area contributed by atoms with Crippen LogP contribution in [0.3, 0.4) is 0 Å². The van der Waals surface area contributed by atoms with E-state index in [2.05, 4.69) is 38.6 Å². The van der Waals surface area contributed by atoms with Crippen molar-refractivity contribution in [2.24, 2.45) is 5.92 Å². The molecule has 0 saturated carbocycles. The molecule has 0 bridgehead atoms. The molecule has 3 rings (SSSR count). The number of carbonyl (C=O) groups excluding carboxylic acids is 1. The molecule has 0 spiro atoms. The van der Waals surface area contributed by atoms with Gasteiger partial charge in [0.2, 0.25) is 0 Å². The number of nitrogens with zero attached hydrogens (tertiary/aromatic N) is 1. The molecule has 0 N–H and O–H groups in total. The van der Waals surface area contributed by atoms with Gasteiger partial charge in [-0.15, -0.1) is 0 Å². The highest BCUT2D eigenvalue weighted by atomic mass is 16.2.